The molecule has 1 amide bonds. The summed E-state index contributed by atoms with van der Waals surface area (Å²) in [6.45, 7) is 0.830. The number of rotatable bonds is 6. The van der Waals surface area contributed by atoms with Crippen LogP contribution in [0.25, 0.3) is 0 Å². The van der Waals surface area contributed by atoms with E-state index in [0.29, 0.717) is 21.5 Å². The highest BCUT2D eigenvalue weighted by Crippen LogP contribution is 2.22. The van der Waals surface area contributed by atoms with E-state index >= 15 is 0 Å². The Labute approximate surface area is 141 Å². The summed E-state index contributed by atoms with van der Waals surface area (Å²) in [6.07, 6.45) is 0. The molecule has 0 unspecified atom stereocenters. The zero-order valence-electron chi connectivity index (χ0n) is 12.0. The quantitative estimate of drug-likeness (QED) is 0.798. The molecule has 7 nitrogen and oxygen atoms in total. The van der Waals surface area contributed by atoms with Gasteiger partial charge in [0.2, 0.25) is 0 Å². The van der Waals surface area contributed by atoms with Crippen LogP contribution in [0.2, 0.25) is 10.0 Å². The molecule has 0 fully saturated rings. The number of nitrogens with one attached hydrogen (secondary N) is 1. The van der Waals surface area contributed by atoms with E-state index in [1.165, 1.54) is 24.3 Å². The van der Waals surface area contributed by atoms with Crippen molar-refractivity contribution in [3.63, 3.8) is 0 Å². The van der Waals surface area contributed by atoms with Crippen molar-refractivity contribution in [1.29, 1.82) is 0 Å². The Kier molecular flexibility index (Phi) is 5.84. The smallest absolute Gasteiger partial charge is 0.344 e. The molecule has 2 aromatic rings. The highest BCUT2D eigenvalue weighted by atomic mass is 35.5. The number of aromatic nitrogens is 1. The number of carbonyl (C=O) groups is 2. The Morgan fingerprint density at radius 2 is 1.87 bits per heavy atom. The Morgan fingerprint density at radius 1 is 1.17 bits per heavy atom. The summed E-state index contributed by atoms with van der Waals surface area (Å²) < 4.78 is 14.6. The van der Waals surface area contributed by atoms with E-state index in [0.717, 1.165) is 0 Å². The molecule has 0 spiro atoms. The van der Waals surface area contributed by atoms with Gasteiger partial charge in [0.1, 0.15) is 5.76 Å². The standard InChI is InChI=1S/C14H12Cl2N2O5/c1-8-2-13(18-23-8)21-7-14(20)22-6-12(19)17-11-4-9(15)3-10(16)5-11/h2-5H,6-7H2,1H3,(H,17,19). The molecule has 1 aromatic heterocycles. The lowest BCUT2D eigenvalue weighted by Crippen LogP contribution is -2.23. The maximum atomic E-state index is 11.7. The number of benzene rings is 1. The number of nitrogens with zero attached hydrogens (tertiary/aromatic N) is 1. The number of carbonyl (C=O) groups excluding carboxylic acids is 2. The third-order valence-corrected chi connectivity index (χ3v) is 2.89. The molecule has 0 saturated carbocycles. The van der Waals surface area contributed by atoms with Crippen LogP contribution >= 0.6 is 23.2 Å². The zero-order valence-corrected chi connectivity index (χ0v) is 13.5. The van der Waals surface area contributed by atoms with Gasteiger partial charge in [-0.1, -0.05) is 23.2 Å². The summed E-state index contributed by atoms with van der Waals surface area (Å²) in [5, 5.41) is 6.80. The Hall–Kier alpha value is -2.25. The highest BCUT2D eigenvalue weighted by molar-refractivity contribution is 6.35. The van der Waals surface area contributed by atoms with Crippen LogP contribution < -0.4 is 10.1 Å². The fraction of sp³-hybridized carbons (Fsp3) is 0.214. The van der Waals surface area contributed by atoms with Crippen LogP contribution in [0.3, 0.4) is 0 Å². The van der Waals surface area contributed by atoms with Crippen molar-refractivity contribution in [2.75, 3.05) is 18.5 Å². The van der Waals surface area contributed by atoms with E-state index in [4.69, 9.17) is 37.2 Å². The first-order chi connectivity index (χ1) is 10.9. The van der Waals surface area contributed by atoms with Crippen LogP contribution in [0.15, 0.2) is 28.8 Å². The summed E-state index contributed by atoms with van der Waals surface area (Å²) >= 11 is 11.6. The van der Waals surface area contributed by atoms with E-state index in [2.05, 4.69) is 10.5 Å². The molecular formula is C14H12Cl2N2O5. The van der Waals surface area contributed by atoms with Gasteiger partial charge < -0.3 is 19.3 Å². The van der Waals surface area contributed by atoms with Gasteiger partial charge in [-0.3, -0.25) is 4.79 Å². The number of anilines is 1. The highest BCUT2D eigenvalue weighted by Gasteiger charge is 2.11. The average molecular weight is 359 g/mol. The third kappa shape index (κ3) is 5.80. The van der Waals surface area contributed by atoms with Gasteiger partial charge in [-0.2, -0.15) is 0 Å². The minimum Gasteiger partial charge on any atom is -0.463 e. The third-order valence-electron chi connectivity index (χ3n) is 2.45. The first kappa shape index (κ1) is 17.1. The van der Waals surface area contributed by atoms with Gasteiger partial charge in [0.15, 0.2) is 13.2 Å². The Morgan fingerprint density at radius 3 is 2.48 bits per heavy atom. The summed E-state index contributed by atoms with van der Waals surface area (Å²) in [7, 11) is 0. The predicted molar refractivity (Wildman–Crippen MR) is 82.8 cm³/mol. The van der Waals surface area contributed by atoms with Gasteiger partial charge in [0.05, 0.1) is 0 Å². The predicted octanol–water partition coefficient (Wildman–Crippen LogP) is 2.85. The second kappa shape index (κ2) is 7.85. The number of hydrogen-bond donors (Lipinski definition) is 1. The molecule has 0 aliphatic carbocycles. The molecule has 1 aromatic carbocycles. The number of halogens is 2. The topological polar surface area (TPSA) is 90.7 Å². The molecule has 0 atom stereocenters. The summed E-state index contributed by atoms with van der Waals surface area (Å²) in [5.41, 5.74) is 0.401. The number of hydrogen-bond acceptors (Lipinski definition) is 6. The fourth-order valence-electron chi connectivity index (χ4n) is 1.56. The van der Waals surface area contributed by atoms with Gasteiger partial charge in [-0.15, -0.1) is 0 Å². The van der Waals surface area contributed by atoms with Crippen LogP contribution in [-0.4, -0.2) is 30.2 Å². The molecule has 1 N–H and O–H groups in total. The van der Waals surface area contributed by atoms with Gasteiger partial charge in [-0.25, -0.2) is 4.79 Å². The lowest BCUT2D eigenvalue weighted by molar-refractivity contribution is -0.149. The minimum absolute atomic E-state index is 0.164. The summed E-state index contributed by atoms with van der Waals surface area (Å²) in [6, 6.07) is 6.08. The van der Waals surface area contributed by atoms with Crippen molar-refractivity contribution >= 4 is 40.8 Å². The molecule has 0 radical (unpaired) electrons. The van der Waals surface area contributed by atoms with E-state index in [1.807, 2.05) is 0 Å². The normalized spacial score (nSPS) is 10.2. The Balaban J connectivity index is 1.74. The van der Waals surface area contributed by atoms with E-state index < -0.39 is 18.5 Å². The molecule has 122 valence electrons. The van der Waals surface area contributed by atoms with Gasteiger partial charge >= 0.3 is 5.97 Å². The van der Waals surface area contributed by atoms with Crippen molar-refractivity contribution in [3.8, 4) is 5.88 Å². The largest absolute Gasteiger partial charge is 0.463 e. The molecule has 0 aliphatic heterocycles. The van der Waals surface area contributed by atoms with Gasteiger partial charge in [-0.05, 0) is 30.3 Å². The second-order valence-corrected chi connectivity index (χ2v) is 5.30. The van der Waals surface area contributed by atoms with Crippen LogP contribution in [-0.2, 0) is 14.3 Å². The number of aryl methyl sites for hydroxylation is 1. The maximum absolute atomic E-state index is 11.7. The lowest BCUT2D eigenvalue weighted by Gasteiger charge is -2.07. The molecule has 2 rings (SSSR count). The summed E-state index contributed by atoms with van der Waals surface area (Å²) in [4.78, 5) is 23.1. The van der Waals surface area contributed by atoms with E-state index in [1.54, 1.807) is 6.92 Å². The molecule has 0 aliphatic rings. The summed E-state index contributed by atoms with van der Waals surface area (Å²) in [5.74, 6) is -0.538. The first-order valence-electron chi connectivity index (χ1n) is 6.40. The van der Waals surface area contributed by atoms with Gasteiger partial charge in [0.25, 0.3) is 11.8 Å². The second-order valence-electron chi connectivity index (χ2n) is 4.43. The minimum atomic E-state index is -0.718. The maximum Gasteiger partial charge on any atom is 0.344 e. The van der Waals surface area contributed by atoms with E-state index in [-0.39, 0.29) is 12.5 Å². The van der Waals surface area contributed by atoms with Crippen LogP contribution in [0.1, 0.15) is 5.76 Å². The monoisotopic (exact) mass is 358 g/mol. The number of esters is 1. The SMILES string of the molecule is Cc1cc(OCC(=O)OCC(=O)Nc2cc(Cl)cc(Cl)c2)no1. The number of amides is 1. The molecule has 1 heterocycles. The molecular weight excluding hydrogens is 347 g/mol. The first-order valence-corrected chi connectivity index (χ1v) is 7.15. The lowest BCUT2D eigenvalue weighted by atomic mass is 10.3. The van der Waals surface area contributed by atoms with Gasteiger partial charge in [0, 0.05) is 21.8 Å². The Bertz CT molecular complexity index is 697. The van der Waals surface area contributed by atoms with Crippen molar-refractivity contribution in [2.24, 2.45) is 0 Å². The van der Waals surface area contributed by atoms with Crippen LogP contribution in [0.5, 0.6) is 5.88 Å². The van der Waals surface area contributed by atoms with Crippen molar-refractivity contribution in [1.82, 2.24) is 5.16 Å². The van der Waals surface area contributed by atoms with Crippen molar-refractivity contribution < 1.29 is 23.6 Å². The average Bonchev–Trinajstić information content (AvgIpc) is 2.87. The van der Waals surface area contributed by atoms with Crippen LogP contribution in [0.4, 0.5) is 5.69 Å². The zero-order chi connectivity index (χ0) is 16.8. The van der Waals surface area contributed by atoms with E-state index in [9.17, 15) is 9.59 Å². The van der Waals surface area contributed by atoms with Crippen molar-refractivity contribution in [3.05, 3.63) is 40.1 Å². The molecule has 23 heavy (non-hydrogen) atoms. The molecule has 0 saturated heterocycles. The molecule has 9 heteroatoms. The number of ether oxygens (including phenoxy) is 2. The molecule has 0 bridgehead atoms. The van der Waals surface area contributed by atoms with Crippen LogP contribution in [0, 0.1) is 6.92 Å². The fourth-order valence-corrected chi connectivity index (χ4v) is 2.08. The van der Waals surface area contributed by atoms with Crippen molar-refractivity contribution in [2.45, 2.75) is 6.92 Å².